The van der Waals surface area contributed by atoms with Gasteiger partial charge in [0, 0.05) is 49.5 Å². The lowest BCUT2D eigenvalue weighted by atomic mass is 9.88. The molecule has 0 spiro atoms. The number of carbonyl (C=O) groups excluding carboxylic acids is 1. The van der Waals surface area contributed by atoms with Crippen molar-refractivity contribution in [2.75, 3.05) is 24.5 Å². The SMILES string of the molecule is CC1CN(c2nc(Cc3ccc(F)cc3)ns2)CCN1C(=O)C1CCCCC1. The van der Waals surface area contributed by atoms with Crippen LogP contribution in [0.3, 0.4) is 0 Å². The van der Waals surface area contributed by atoms with Crippen LogP contribution in [0.5, 0.6) is 0 Å². The van der Waals surface area contributed by atoms with Crippen molar-refractivity contribution in [3.8, 4) is 0 Å². The summed E-state index contributed by atoms with van der Waals surface area (Å²) in [6.07, 6.45) is 6.35. The van der Waals surface area contributed by atoms with Gasteiger partial charge in [0.05, 0.1) is 0 Å². The third-order valence-corrected chi connectivity index (χ3v) is 6.68. The summed E-state index contributed by atoms with van der Waals surface area (Å²) < 4.78 is 17.5. The largest absolute Gasteiger partial charge is 0.343 e. The first-order chi connectivity index (χ1) is 13.6. The zero-order valence-corrected chi connectivity index (χ0v) is 17.1. The van der Waals surface area contributed by atoms with E-state index in [1.165, 1.54) is 42.9 Å². The topological polar surface area (TPSA) is 49.3 Å². The first-order valence-corrected chi connectivity index (χ1v) is 11.0. The van der Waals surface area contributed by atoms with E-state index in [0.29, 0.717) is 12.3 Å². The minimum Gasteiger partial charge on any atom is -0.343 e. The Morgan fingerprint density at radius 1 is 1.18 bits per heavy atom. The van der Waals surface area contributed by atoms with Gasteiger partial charge in [0.2, 0.25) is 11.0 Å². The third-order valence-electron chi connectivity index (χ3n) is 5.87. The highest BCUT2D eigenvalue weighted by Gasteiger charge is 2.33. The molecule has 1 saturated carbocycles. The van der Waals surface area contributed by atoms with Crippen LogP contribution in [0.15, 0.2) is 24.3 Å². The van der Waals surface area contributed by atoms with Crippen LogP contribution in [0, 0.1) is 11.7 Å². The second-order valence-electron chi connectivity index (χ2n) is 7.96. The van der Waals surface area contributed by atoms with Crippen LogP contribution < -0.4 is 4.90 Å². The van der Waals surface area contributed by atoms with Crippen LogP contribution in [0.1, 0.15) is 50.4 Å². The second kappa shape index (κ2) is 8.55. The lowest BCUT2D eigenvalue weighted by molar-refractivity contribution is -0.139. The fourth-order valence-electron chi connectivity index (χ4n) is 4.27. The minimum absolute atomic E-state index is 0.188. The lowest BCUT2D eigenvalue weighted by Gasteiger charge is -2.41. The van der Waals surface area contributed by atoms with Gasteiger partial charge in [-0.3, -0.25) is 4.79 Å². The highest BCUT2D eigenvalue weighted by Crippen LogP contribution is 2.28. The zero-order valence-electron chi connectivity index (χ0n) is 16.3. The van der Waals surface area contributed by atoms with E-state index in [-0.39, 0.29) is 17.8 Å². The molecule has 2 heterocycles. The van der Waals surface area contributed by atoms with Crippen molar-refractivity contribution in [3.63, 3.8) is 0 Å². The van der Waals surface area contributed by atoms with Crippen molar-refractivity contribution in [2.24, 2.45) is 5.92 Å². The number of carbonyl (C=O) groups is 1. The van der Waals surface area contributed by atoms with Gasteiger partial charge in [-0.15, -0.1) is 0 Å². The number of hydrogen-bond acceptors (Lipinski definition) is 5. The molecule has 2 aromatic rings. The molecular weight excluding hydrogens is 375 g/mol. The Morgan fingerprint density at radius 2 is 1.93 bits per heavy atom. The molecule has 4 rings (SSSR count). The molecule has 1 amide bonds. The normalized spacial score (nSPS) is 21.1. The molecule has 1 aromatic heterocycles. The summed E-state index contributed by atoms with van der Waals surface area (Å²) in [7, 11) is 0. The Kier molecular flexibility index (Phi) is 5.90. The summed E-state index contributed by atoms with van der Waals surface area (Å²) in [6.45, 7) is 4.48. The predicted molar refractivity (Wildman–Crippen MR) is 109 cm³/mol. The van der Waals surface area contributed by atoms with Gasteiger partial charge in [-0.2, -0.15) is 4.37 Å². The number of rotatable bonds is 4. The standard InChI is InChI=1S/C21H27FN4OS/c1-15-14-25(11-12-26(15)20(27)17-5-3-2-4-6-17)21-23-19(24-28-21)13-16-7-9-18(22)10-8-16/h7-10,15,17H,2-6,11-14H2,1H3. The average Bonchev–Trinajstić information content (AvgIpc) is 3.18. The molecule has 0 radical (unpaired) electrons. The summed E-state index contributed by atoms with van der Waals surface area (Å²) in [5.74, 6) is 1.11. The van der Waals surface area contributed by atoms with Crippen LogP contribution in [-0.2, 0) is 11.2 Å². The fraction of sp³-hybridized carbons (Fsp3) is 0.571. The first-order valence-electron chi connectivity index (χ1n) is 10.2. The number of piperazine rings is 1. The van der Waals surface area contributed by atoms with E-state index < -0.39 is 0 Å². The summed E-state index contributed by atoms with van der Waals surface area (Å²) in [4.78, 5) is 21.9. The Hall–Kier alpha value is -2.02. The van der Waals surface area contributed by atoms with E-state index in [1.54, 1.807) is 12.1 Å². The van der Waals surface area contributed by atoms with Crippen molar-refractivity contribution in [1.82, 2.24) is 14.3 Å². The fourth-order valence-corrected chi connectivity index (χ4v) is 4.99. The molecule has 1 atom stereocenters. The number of halogens is 1. The van der Waals surface area contributed by atoms with Gasteiger partial charge in [0.25, 0.3) is 0 Å². The zero-order chi connectivity index (χ0) is 19.5. The molecule has 7 heteroatoms. The highest BCUT2D eigenvalue weighted by atomic mass is 32.1. The van der Waals surface area contributed by atoms with E-state index in [9.17, 15) is 9.18 Å². The van der Waals surface area contributed by atoms with Crippen molar-refractivity contribution in [2.45, 2.75) is 51.5 Å². The summed E-state index contributed by atoms with van der Waals surface area (Å²) in [5.41, 5.74) is 1.00. The molecule has 2 fully saturated rings. The molecule has 150 valence electrons. The monoisotopic (exact) mass is 402 g/mol. The highest BCUT2D eigenvalue weighted by molar-refractivity contribution is 7.09. The van der Waals surface area contributed by atoms with Gasteiger partial charge in [0.15, 0.2) is 0 Å². The molecule has 0 N–H and O–H groups in total. The maximum absolute atomic E-state index is 13.1. The molecule has 28 heavy (non-hydrogen) atoms. The Labute approximate surface area is 169 Å². The molecule has 1 unspecified atom stereocenters. The van der Waals surface area contributed by atoms with Crippen LogP contribution in [-0.4, -0.2) is 45.8 Å². The number of aromatic nitrogens is 2. The van der Waals surface area contributed by atoms with Crippen LogP contribution in [0.4, 0.5) is 9.52 Å². The summed E-state index contributed by atoms with van der Waals surface area (Å²) in [5, 5.41) is 0.911. The van der Waals surface area contributed by atoms with E-state index in [1.807, 2.05) is 0 Å². The number of hydrogen-bond donors (Lipinski definition) is 0. The molecule has 1 aromatic carbocycles. The lowest BCUT2D eigenvalue weighted by Crippen LogP contribution is -2.55. The van der Waals surface area contributed by atoms with Gasteiger partial charge in [-0.05, 0) is 37.5 Å². The number of amides is 1. The van der Waals surface area contributed by atoms with Crippen LogP contribution in [0.2, 0.25) is 0 Å². The molecule has 1 aliphatic heterocycles. The van der Waals surface area contributed by atoms with E-state index in [4.69, 9.17) is 0 Å². The van der Waals surface area contributed by atoms with Gasteiger partial charge in [-0.1, -0.05) is 31.4 Å². The number of benzene rings is 1. The minimum atomic E-state index is -0.231. The predicted octanol–water partition coefficient (Wildman–Crippen LogP) is 3.89. The molecule has 1 saturated heterocycles. The van der Waals surface area contributed by atoms with Gasteiger partial charge in [-0.25, -0.2) is 9.37 Å². The Morgan fingerprint density at radius 3 is 2.64 bits per heavy atom. The first kappa shape index (κ1) is 19.3. The summed E-state index contributed by atoms with van der Waals surface area (Å²) >= 11 is 1.41. The number of nitrogens with zero attached hydrogens (tertiary/aromatic N) is 4. The maximum atomic E-state index is 13.1. The van der Waals surface area contributed by atoms with Crippen molar-refractivity contribution in [1.29, 1.82) is 0 Å². The van der Waals surface area contributed by atoms with Gasteiger partial charge >= 0.3 is 0 Å². The van der Waals surface area contributed by atoms with E-state index >= 15 is 0 Å². The molecule has 0 bridgehead atoms. The number of anilines is 1. The average molecular weight is 403 g/mol. The molecular formula is C21H27FN4OS. The Balaban J connectivity index is 1.35. The third kappa shape index (κ3) is 4.35. The molecule has 2 aliphatic rings. The Bertz CT molecular complexity index is 803. The summed E-state index contributed by atoms with van der Waals surface area (Å²) in [6, 6.07) is 6.66. The van der Waals surface area contributed by atoms with Gasteiger partial charge in [0.1, 0.15) is 11.6 Å². The quantitative estimate of drug-likeness (QED) is 0.779. The van der Waals surface area contributed by atoms with Crippen molar-refractivity contribution >= 4 is 22.6 Å². The maximum Gasteiger partial charge on any atom is 0.226 e. The van der Waals surface area contributed by atoms with E-state index in [0.717, 1.165) is 49.0 Å². The van der Waals surface area contributed by atoms with E-state index in [2.05, 4.69) is 26.1 Å². The van der Waals surface area contributed by atoms with Crippen molar-refractivity contribution < 1.29 is 9.18 Å². The van der Waals surface area contributed by atoms with Crippen LogP contribution >= 0.6 is 11.5 Å². The molecule has 1 aliphatic carbocycles. The smallest absolute Gasteiger partial charge is 0.226 e. The second-order valence-corrected chi connectivity index (χ2v) is 8.69. The molecule has 5 nitrogen and oxygen atoms in total. The van der Waals surface area contributed by atoms with Crippen LogP contribution in [0.25, 0.3) is 0 Å². The van der Waals surface area contributed by atoms with Crippen molar-refractivity contribution in [3.05, 3.63) is 41.5 Å². The van der Waals surface area contributed by atoms with Gasteiger partial charge < -0.3 is 9.80 Å².